The normalized spacial score (nSPS) is 19.2. The van der Waals surface area contributed by atoms with Gasteiger partial charge in [0, 0.05) is 31.2 Å². The SMILES string of the molecule is C=C(/C=C\NC(C)O)[C@@H]1C[C@H](NC(=O)c2cc(Cl)c(Cl)cn2)CN1c1ccc2nccn2n1. The standard InChI is InChI=1S/C22H23Cl2N7O2/c1-13(5-6-25-14(2)32)19-9-15(28-22(33)18-10-16(23)17(24)11-27-18)12-30(19)21-4-3-20-26-7-8-31(20)29-21/h3-8,10-11,14-15,19,25,32H,1,9,12H2,2H3,(H,28,33)/b6-5-/t14?,15-,19-/m0/s1. The van der Waals surface area contributed by atoms with Crippen LogP contribution >= 0.6 is 23.2 Å². The van der Waals surface area contributed by atoms with Crippen LogP contribution in [0.15, 0.2) is 61.2 Å². The largest absolute Gasteiger partial charge is 0.374 e. The molecule has 3 N–H and O–H groups in total. The van der Waals surface area contributed by atoms with Crippen LogP contribution in [0.2, 0.25) is 10.0 Å². The molecule has 1 aliphatic rings. The minimum Gasteiger partial charge on any atom is -0.374 e. The molecule has 0 aromatic carbocycles. The average Bonchev–Trinajstić information content (AvgIpc) is 3.41. The number of halogens is 2. The molecule has 172 valence electrons. The van der Waals surface area contributed by atoms with Crippen molar-refractivity contribution in [3.8, 4) is 0 Å². The van der Waals surface area contributed by atoms with Gasteiger partial charge < -0.3 is 20.6 Å². The molecule has 0 saturated carbocycles. The summed E-state index contributed by atoms with van der Waals surface area (Å²) in [6.07, 6.45) is 8.21. The second kappa shape index (κ2) is 9.78. The van der Waals surface area contributed by atoms with Crippen molar-refractivity contribution < 1.29 is 9.90 Å². The summed E-state index contributed by atoms with van der Waals surface area (Å²) in [6.45, 7) is 6.34. The number of hydrogen-bond acceptors (Lipinski definition) is 7. The Labute approximate surface area is 200 Å². The van der Waals surface area contributed by atoms with E-state index in [1.165, 1.54) is 12.3 Å². The molecule has 3 aromatic heterocycles. The predicted molar refractivity (Wildman–Crippen MR) is 127 cm³/mol. The number of anilines is 1. The van der Waals surface area contributed by atoms with Crippen molar-refractivity contribution in [2.24, 2.45) is 0 Å². The maximum atomic E-state index is 12.8. The summed E-state index contributed by atoms with van der Waals surface area (Å²) >= 11 is 11.9. The third-order valence-electron chi connectivity index (χ3n) is 5.28. The summed E-state index contributed by atoms with van der Waals surface area (Å²) in [5.74, 6) is 0.391. The number of carbonyl (C=O) groups is 1. The number of rotatable bonds is 7. The molecule has 33 heavy (non-hydrogen) atoms. The quantitative estimate of drug-likeness (QED) is 0.347. The molecule has 1 unspecified atom stereocenters. The highest BCUT2D eigenvalue weighted by molar-refractivity contribution is 6.42. The van der Waals surface area contributed by atoms with E-state index >= 15 is 0 Å². The maximum absolute atomic E-state index is 12.8. The molecule has 1 aliphatic heterocycles. The van der Waals surface area contributed by atoms with E-state index in [-0.39, 0.29) is 33.7 Å². The van der Waals surface area contributed by atoms with Crippen LogP contribution < -0.4 is 15.5 Å². The van der Waals surface area contributed by atoms with Gasteiger partial charge in [0.2, 0.25) is 0 Å². The molecule has 0 radical (unpaired) electrons. The smallest absolute Gasteiger partial charge is 0.270 e. The highest BCUT2D eigenvalue weighted by Crippen LogP contribution is 2.29. The second-order valence-electron chi connectivity index (χ2n) is 7.73. The Kier molecular flexibility index (Phi) is 6.83. The fourth-order valence-electron chi connectivity index (χ4n) is 3.71. The molecule has 11 heteroatoms. The van der Waals surface area contributed by atoms with Gasteiger partial charge in [-0.15, -0.1) is 5.10 Å². The molecule has 4 rings (SSSR count). The predicted octanol–water partition coefficient (Wildman–Crippen LogP) is 2.81. The summed E-state index contributed by atoms with van der Waals surface area (Å²) in [6, 6.07) is 4.91. The van der Waals surface area contributed by atoms with Crippen LogP contribution in [0.1, 0.15) is 23.8 Å². The van der Waals surface area contributed by atoms with Crippen LogP contribution in [0, 0.1) is 0 Å². The van der Waals surface area contributed by atoms with Gasteiger partial charge in [-0.25, -0.2) is 14.5 Å². The van der Waals surface area contributed by atoms with Gasteiger partial charge in [-0.2, -0.15) is 0 Å². The van der Waals surface area contributed by atoms with Gasteiger partial charge in [-0.3, -0.25) is 4.79 Å². The van der Waals surface area contributed by atoms with E-state index in [0.717, 1.165) is 17.0 Å². The van der Waals surface area contributed by atoms with E-state index in [0.29, 0.717) is 13.0 Å². The minimum atomic E-state index is -0.676. The van der Waals surface area contributed by atoms with Gasteiger partial charge in [-0.1, -0.05) is 29.8 Å². The Hall–Kier alpha value is -3.14. The molecule has 1 saturated heterocycles. The van der Waals surface area contributed by atoms with Crippen LogP contribution in [0.5, 0.6) is 0 Å². The lowest BCUT2D eigenvalue weighted by molar-refractivity contribution is 0.0935. The first-order chi connectivity index (χ1) is 15.8. The Morgan fingerprint density at radius 2 is 2.15 bits per heavy atom. The van der Waals surface area contributed by atoms with Gasteiger partial charge in [0.25, 0.3) is 5.91 Å². The first-order valence-electron chi connectivity index (χ1n) is 10.3. The van der Waals surface area contributed by atoms with E-state index in [1.807, 2.05) is 18.2 Å². The Morgan fingerprint density at radius 3 is 2.91 bits per heavy atom. The number of carbonyl (C=O) groups excluding carboxylic acids is 1. The van der Waals surface area contributed by atoms with E-state index in [2.05, 4.69) is 37.2 Å². The summed E-state index contributed by atoms with van der Waals surface area (Å²) in [5, 5.41) is 20.5. The summed E-state index contributed by atoms with van der Waals surface area (Å²) in [4.78, 5) is 23.2. The molecule has 0 bridgehead atoms. The van der Waals surface area contributed by atoms with Crippen LogP contribution in [0.3, 0.4) is 0 Å². The molecule has 1 amide bonds. The molecule has 0 spiro atoms. The number of fused-ring (bicyclic) bond motifs is 1. The van der Waals surface area contributed by atoms with Crippen molar-refractivity contribution in [1.82, 2.24) is 30.2 Å². The lowest BCUT2D eigenvalue weighted by Crippen LogP contribution is -2.38. The monoisotopic (exact) mass is 487 g/mol. The molecule has 3 aromatic rings. The zero-order valence-corrected chi connectivity index (χ0v) is 19.3. The lowest BCUT2D eigenvalue weighted by Gasteiger charge is -2.26. The fraction of sp³-hybridized carbons (Fsp3) is 0.273. The number of aliphatic hydroxyl groups is 1. The van der Waals surface area contributed by atoms with Crippen LogP contribution in [-0.4, -0.2) is 55.5 Å². The number of pyridine rings is 1. The van der Waals surface area contributed by atoms with Crippen LogP contribution in [0.25, 0.3) is 5.65 Å². The number of aliphatic hydroxyl groups excluding tert-OH is 1. The molecular weight excluding hydrogens is 465 g/mol. The first kappa shape index (κ1) is 23.0. The molecule has 4 heterocycles. The second-order valence-corrected chi connectivity index (χ2v) is 8.54. The van der Waals surface area contributed by atoms with Crippen molar-refractivity contribution in [1.29, 1.82) is 0 Å². The Bertz CT molecular complexity index is 1210. The Morgan fingerprint density at radius 1 is 1.33 bits per heavy atom. The third-order valence-corrected chi connectivity index (χ3v) is 5.99. The third kappa shape index (κ3) is 5.27. The first-order valence-corrected chi connectivity index (χ1v) is 11.1. The van der Waals surface area contributed by atoms with Crippen molar-refractivity contribution in [3.63, 3.8) is 0 Å². The number of aromatic nitrogens is 4. The minimum absolute atomic E-state index is 0.127. The summed E-state index contributed by atoms with van der Waals surface area (Å²) in [7, 11) is 0. The lowest BCUT2D eigenvalue weighted by atomic mass is 10.0. The Balaban J connectivity index is 1.55. The number of nitrogens with one attached hydrogen (secondary N) is 2. The topological polar surface area (TPSA) is 108 Å². The number of hydrogen-bond donors (Lipinski definition) is 3. The van der Waals surface area contributed by atoms with Crippen molar-refractivity contribution in [3.05, 3.63) is 77.0 Å². The molecule has 1 fully saturated rings. The molecule has 3 atom stereocenters. The van der Waals surface area contributed by atoms with Crippen LogP contribution in [-0.2, 0) is 0 Å². The van der Waals surface area contributed by atoms with Crippen LogP contribution in [0.4, 0.5) is 5.82 Å². The van der Waals surface area contributed by atoms with Crippen molar-refractivity contribution >= 4 is 40.6 Å². The van der Waals surface area contributed by atoms with Gasteiger partial charge in [0.1, 0.15) is 17.7 Å². The maximum Gasteiger partial charge on any atom is 0.270 e. The van der Waals surface area contributed by atoms with Crippen molar-refractivity contribution in [2.45, 2.75) is 31.7 Å². The highest BCUT2D eigenvalue weighted by Gasteiger charge is 2.35. The average molecular weight is 488 g/mol. The zero-order valence-electron chi connectivity index (χ0n) is 17.8. The van der Waals surface area contributed by atoms with E-state index < -0.39 is 6.23 Å². The summed E-state index contributed by atoms with van der Waals surface area (Å²) < 4.78 is 1.70. The van der Waals surface area contributed by atoms with Gasteiger partial charge in [0.15, 0.2) is 5.65 Å². The number of nitrogens with zero attached hydrogens (tertiary/aromatic N) is 5. The highest BCUT2D eigenvalue weighted by atomic mass is 35.5. The fourth-order valence-corrected chi connectivity index (χ4v) is 3.96. The van der Waals surface area contributed by atoms with Gasteiger partial charge in [0.05, 0.1) is 16.1 Å². The van der Waals surface area contributed by atoms with Gasteiger partial charge >= 0.3 is 0 Å². The van der Waals surface area contributed by atoms with E-state index in [1.54, 1.807) is 30.0 Å². The van der Waals surface area contributed by atoms with E-state index in [4.69, 9.17) is 23.2 Å². The molecule has 9 nitrogen and oxygen atoms in total. The molecular formula is C22H23Cl2N7O2. The number of imidazole rings is 1. The van der Waals surface area contributed by atoms with Crippen molar-refractivity contribution in [2.75, 3.05) is 11.4 Å². The zero-order chi connectivity index (χ0) is 23.5. The van der Waals surface area contributed by atoms with Gasteiger partial charge in [-0.05, 0) is 49.4 Å². The molecule has 0 aliphatic carbocycles. The number of amides is 1. The summed E-state index contributed by atoms with van der Waals surface area (Å²) in [5.41, 5.74) is 1.74. The van der Waals surface area contributed by atoms with E-state index in [9.17, 15) is 9.90 Å².